The van der Waals surface area contributed by atoms with Gasteiger partial charge in [0.05, 0.1) is 16.9 Å². The number of hydrogen-bond acceptors (Lipinski definition) is 4. The molecule has 0 aliphatic rings. The summed E-state index contributed by atoms with van der Waals surface area (Å²) < 4.78 is 6.59. The fourth-order valence-corrected chi connectivity index (χ4v) is 2.36. The Morgan fingerprint density at radius 2 is 1.84 bits per heavy atom. The zero-order valence-electron chi connectivity index (χ0n) is 9.88. The topological polar surface area (TPSA) is 61.0 Å². The fourth-order valence-electron chi connectivity index (χ4n) is 1.78. The maximum Gasteiger partial charge on any atom is 0.238 e. The second kappa shape index (κ2) is 4.85. The van der Waals surface area contributed by atoms with Gasteiger partial charge < -0.3 is 10.5 Å². The van der Waals surface area contributed by atoms with Gasteiger partial charge >= 0.3 is 0 Å². The molecule has 5 heteroatoms. The molecule has 0 aliphatic heterocycles. The molecule has 1 heterocycles. The maximum atomic E-state index is 5.70. The van der Waals surface area contributed by atoms with Gasteiger partial charge in [0.25, 0.3) is 0 Å². The molecule has 0 fully saturated rings. The summed E-state index contributed by atoms with van der Waals surface area (Å²) in [6.07, 6.45) is 2.96. The van der Waals surface area contributed by atoms with Gasteiger partial charge in [-0.15, -0.1) is 0 Å². The van der Waals surface area contributed by atoms with Gasteiger partial charge in [-0.05, 0) is 32.8 Å². The molecule has 0 radical (unpaired) electrons. The number of fused-ring (bicyclic) bond motifs is 1. The van der Waals surface area contributed by atoms with E-state index in [0.717, 1.165) is 15.2 Å². The van der Waals surface area contributed by atoms with Gasteiger partial charge in [0.1, 0.15) is 11.6 Å². The van der Waals surface area contributed by atoms with Gasteiger partial charge in [-0.2, -0.15) is 0 Å². The van der Waals surface area contributed by atoms with E-state index in [9.17, 15) is 0 Å². The van der Waals surface area contributed by atoms with Crippen LogP contribution in [0.15, 0.2) is 53.3 Å². The molecule has 2 aromatic carbocycles. The first kappa shape index (κ1) is 11.9. The van der Waals surface area contributed by atoms with E-state index in [1.165, 1.54) is 12.4 Å². The Labute approximate surface area is 118 Å². The van der Waals surface area contributed by atoms with Crippen LogP contribution in [0, 0.1) is 0 Å². The largest absolute Gasteiger partial charge is 0.436 e. The molecule has 0 saturated carbocycles. The molecule has 3 rings (SSSR count). The molecule has 1 aromatic heterocycles. The van der Waals surface area contributed by atoms with E-state index in [2.05, 4.69) is 25.9 Å². The van der Waals surface area contributed by atoms with Crippen LogP contribution in [0.2, 0.25) is 0 Å². The normalized spacial score (nSPS) is 10.6. The Balaban J connectivity index is 2.01. The van der Waals surface area contributed by atoms with E-state index in [1.54, 1.807) is 0 Å². The molecule has 0 spiro atoms. The van der Waals surface area contributed by atoms with Gasteiger partial charge in [-0.25, -0.2) is 9.97 Å². The first-order valence-electron chi connectivity index (χ1n) is 5.66. The fraction of sp³-hybridized carbons (Fsp3) is 0. The molecular formula is C14H10BrN3O. The molecule has 0 saturated heterocycles. The van der Waals surface area contributed by atoms with Crippen molar-refractivity contribution in [2.75, 3.05) is 5.73 Å². The van der Waals surface area contributed by atoms with Crippen LogP contribution in [0.3, 0.4) is 0 Å². The summed E-state index contributed by atoms with van der Waals surface area (Å²) in [6, 6.07) is 12.0. The van der Waals surface area contributed by atoms with E-state index in [-0.39, 0.29) is 0 Å². The number of benzene rings is 2. The number of halogens is 1. The average molecular weight is 316 g/mol. The average Bonchev–Trinajstić information content (AvgIpc) is 2.45. The number of hydrogen-bond donors (Lipinski definition) is 1. The number of nitrogens with zero attached hydrogens (tertiary/aromatic N) is 2. The van der Waals surface area contributed by atoms with Crippen LogP contribution in [-0.2, 0) is 0 Å². The highest BCUT2D eigenvalue weighted by molar-refractivity contribution is 9.10. The Morgan fingerprint density at radius 1 is 1.00 bits per heavy atom. The Kier molecular flexibility index (Phi) is 3.05. The highest BCUT2D eigenvalue weighted by atomic mass is 79.9. The van der Waals surface area contributed by atoms with Gasteiger partial charge in [0.2, 0.25) is 5.88 Å². The zero-order valence-corrected chi connectivity index (χ0v) is 11.5. The van der Waals surface area contributed by atoms with Crippen molar-refractivity contribution in [1.82, 2.24) is 9.97 Å². The summed E-state index contributed by atoms with van der Waals surface area (Å²) in [5.74, 6) is 1.47. The highest BCUT2D eigenvalue weighted by Crippen LogP contribution is 2.35. The summed E-state index contributed by atoms with van der Waals surface area (Å²) >= 11 is 3.56. The van der Waals surface area contributed by atoms with E-state index >= 15 is 0 Å². The predicted octanol–water partition coefficient (Wildman–Crippen LogP) is 3.77. The molecule has 94 valence electrons. The molecule has 3 aromatic rings. The van der Waals surface area contributed by atoms with Crippen LogP contribution < -0.4 is 10.5 Å². The first-order valence-corrected chi connectivity index (χ1v) is 6.46. The summed E-state index contributed by atoms with van der Waals surface area (Å²) in [5.41, 5.74) is 5.49. The van der Waals surface area contributed by atoms with Crippen molar-refractivity contribution < 1.29 is 4.74 Å². The molecule has 0 atom stereocenters. The van der Waals surface area contributed by atoms with Gasteiger partial charge in [-0.1, -0.05) is 30.3 Å². The monoisotopic (exact) mass is 315 g/mol. The van der Waals surface area contributed by atoms with E-state index < -0.39 is 0 Å². The maximum absolute atomic E-state index is 5.70. The van der Waals surface area contributed by atoms with Crippen LogP contribution in [0.4, 0.5) is 5.82 Å². The van der Waals surface area contributed by atoms with E-state index in [1.807, 2.05) is 36.4 Å². The summed E-state index contributed by atoms with van der Waals surface area (Å²) in [4.78, 5) is 8.01. The molecule has 4 nitrogen and oxygen atoms in total. The second-order valence-electron chi connectivity index (χ2n) is 3.98. The molecule has 0 bridgehead atoms. The lowest BCUT2D eigenvalue weighted by Gasteiger charge is -2.09. The standard InChI is InChI=1S/C14H10BrN3O/c15-14-10-4-2-1-3-9(10)5-6-11(14)19-13-8-17-12(16)7-18-13/h1-8H,(H2,16,17). The lowest BCUT2D eigenvalue weighted by Crippen LogP contribution is -1.94. The van der Waals surface area contributed by atoms with Crippen molar-refractivity contribution in [1.29, 1.82) is 0 Å². The Morgan fingerprint density at radius 3 is 2.63 bits per heavy atom. The smallest absolute Gasteiger partial charge is 0.238 e. The van der Waals surface area contributed by atoms with Crippen LogP contribution >= 0.6 is 15.9 Å². The number of nitrogens with two attached hydrogens (primary N) is 1. The molecule has 0 aliphatic carbocycles. The van der Waals surface area contributed by atoms with Gasteiger partial charge in [0, 0.05) is 0 Å². The van der Waals surface area contributed by atoms with Crippen molar-refractivity contribution in [2.24, 2.45) is 0 Å². The minimum atomic E-state index is 0.366. The lowest BCUT2D eigenvalue weighted by atomic mass is 10.1. The third-order valence-corrected chi connectivity index (χ3v) is 3.51. The lowest BCUT2D eigenvalue weighted by molar-refractivity contribution is 0.458. The summed E-state index contributed by atoms with van der Waals surface area (Å²) in [7, 11) is 0. The van der Waals surface area contributed by atoms with E-state index in [4.69, 9.17) is 10.5 Å². The van der Waals surface area contributed by atoms with Crippen molar-refractivity contribution >= 4 is 32.5 Å². The molecule has 19 heavy (non-hydrogen) atoms. The van der Waals surface area contributed by atoms with Crippen molar-refractivity contribution in [2.45, 2.75) is 0 Å². The second-order valence-corrected chi connectivity index (χ2v) is 4.77. The Bertz CT molecular complexity index is 728. The summed E-state index contributed by atoms with van der Waals surface area (Å²) in [5, 5.41) is 2.23. The first-order chi connectivity index (χ1) is 9.24. The zero-order chi connectivity index (χ0) is 13.2. The molecule has 0 amide bonds. The molecule has 2 N–H and O–H groups in total. The highest BCUT2D eigenvalue weighted by Gasteiger charge is 2.07. The summed E-state index contributed by atoms with van der Waals surface area (Å²) in [6.45, 7) is 0. The minimum absolute atomic E-state index is 0.366. The Hall–Kier alpha value is -2.14. The number of aromatic nitrogens is 2. The van der Waals surface area contributed by atoms with Gasteiger partial charge in [-0.3, -0.25) is 0 Å². The number of anilines is 1. The van der Waals surface area contributed by atoms with Crippen LogP contribution in [0.5, 0.6) is 11.6 Å². The van der Waals surface area contributed by atoms with E-state index in [0.29, 0.717) is 17.4 Å². The van der Waals surface area contributed by atoms with Crippen LogP contribution in [-0.4, -0.2) is 9.97 Å². The predicted molar refractivity (Wildman–Crippen MR) is 78.2 cm³/mol. The minimum Gasteiger partial charge on any atom is -0.436 e. The number of rotatable bonds is 2. The van der Waals surface area contributed by atoms with Crippen LogP contribution in [0.25, 0.3) is 10.8 Å². The third-order valence-electron chi connectivity index (χ3n) is 2.69. The quantitative estimate of drug-likeness (QED) is 0.782. The van der Waals surface area contributed by atoms with Crippen molar-refractivity contribution in [3.05, 3.63) is 53.3 Å². The third kappa shape index (κ3) is 2.37. The number of ether oxygens (including phenoxy) is 1. The molecule has 0 unspecified atom stereocenters. The van der Waals surface area contributed by atoms with Crippen molar-refractivity contribution in [3.63, 3.8) is 0 Å². The molecular weight excluding hydrogens is 306 g/mol. The van der Waals surface area contributed by atoms with Crippen molar-refractivity contribution in [3.8, 4) is 11.6 Å². The number of nitrogen functional groups attached to an aromatic ring is 1. The van der Waals surface area contributed by atoms with Gasteiger partial charge in [0.15, 0.2) is 0 Å². The van der Waals surface area contributed by atoms with Crippen LogP contribution in [0.1, 0.15) is 0 Å². The SMILES string of the molecule is Nc1cnc(Oc2ccc3ccccc3c2Br)cn1.